The molecule has 202 valence electrons. The van der Waals surface area contributed by atoms with Crippen LogP contribution in [0.5, 0.6) is 5.75 Å². The Morgan fingerprint density at radius 2 is 1.77 bits per heavy atom. The van der Waals surface area contributed by atoms with Crippen molar-refractivity contribution in [1.82, 2.24) is 9.78 Å². The number of ether oxygens (including phenoxy) is 1. The van der Waals surface area contributed by atoms with Crippen LogP contribution in [0.3, 0.4) is 0 Å². The highest BCUT2D eigenvalue weighted by atomic mass is 16.6. The van der Waals surface area contributed by atoms with Gasteiger partial charge in [0.2, 0.25) is 0 Å². The minimum Gasteiger partial charge on any atom is -0.495 e. The van der Waals surface area contributed by atoms with Gasteiger partial charge in [-0.15, -0.1) is 0 Å². The van der Waals surface area contributed by atoms with E-state index in [0.717, 1.165) is 5.56 Å². The van der Waals surface area contributed by atoms with Gasteiger partial charge in [-0.25, -0.2) is 4.68 Å². The van der Waals surface area contributed by atoms with Gasteiger partial charge >= 0.3 is 0 Å². The number of benzene rings is 3. The van der Waals surface area contributed by atoms with Crippen LogP contribution in [-0.2, 0) is 4.79 Å². The van der Waals surface area contributed by atoms with Crippen molar-refractivity contribution < 1.29 is 19.2 Å². The summed E-state index contributed by atoms with van der Waals surface area (Å²) < 4.78 is 6.87. The van der Waals surface area contributed by atoms with Crippen molar-refractivity contribution in [3.8, 4) is 5.75 Å². The van der Waals surface area contributed by atoms with Crippen LogP contribution in [0, 0.1) is 17.0 Å². The molecule has 1 aliphatic heterocycles. The third-order valence-electron chi connectivity index (χ3n) is 6.54. The molecule has 0 fully saturated rings. The molecule has 0 saturated heterocycles. The Hall–Kier alpha value is -5.45. The molecule has 4 aromatic rings. The van der Waals surface area contributed by atoms with Crippen molar-refractivity contribution in [3.05, 3.63) is 117 Å². The molecule has 0 spiro atoms. The minimum absolute atomic E-state index is 0.135. The zero-order valence-electron chi connectivity index (χ0n) is 22.0. The lowest BCUT2D eigenvalue weighted by Crippen LogP contribution is -2.32. The van der Waals surface area contributed by atoms with Crippen molar-refractivity contribution in [1.29, 1.82) is 0 Å². The first-order chi connectivity index (χ1) is 19.3. The van der Waals surface area contributed by atoms with E-state index in [4.69, 9.17) is 4.74 Å². The molecule has 40 heavy (non-hydrogen) atoms. The van der Waals surface area contributed by atoms with Gasteiger partial charge in [-0.3, -0.25) is 19.7 Å². The van der Waals surface area contributed by atoms with Gasteiger partial charge in [-0.05, 0) is 49.2 Å². The molecule has 0 radical (unpaired) electrons. The molecule has 2 heterocycles. The van der Waals surface area contributed by atoms with E-state index in [2.05, 4.69) is 21.0 Å². The number of carbonyl (C=O) groups excluding carboxylic acids is 2. The van der Waals surface area contributed by atoms with Gasteiger partial charge < -0.3 is 20.7 Å². The standard InChI is InChI=1S/C29H26N6O5/c1-17-8-6-10-20(14-17)32-28(36)22-16-30-34-26(19-9-7-11-21(15-19)35(38)39)25(18(2)31-27(22)34)29(37)33-23-12-4-5-13-24(23)40-3/h4-16,26,31H,1-3H3,(H,32,36)(H,33,37)/t26-/m0/s1. The SMILES string of the molecule is COc1ccccc1NC(=O)C1=C(C)Nc2c(C(=O)Nc3cccc(C)c3)cnn2[C@H]1c1cccc([N+](=O)[O-])c1. The number of aryl methyl sites for hydroxylation is 1. The number of carbonyl (C=O) groups is 2. The van der Waals surface area contributed by atoms with E-state index in [1.54, 1.807) is 49.4 Å². The second-order valence-corrected chi connectivity index (χ2v) is 9.25. The smallest absolute Gasteiger partial charge is 0.269 e. The number of fused-ring (bicyclic) bond motifs is 1. The predicted molar refractivity (Wildman–Crippen MR) is 151 cm³/mol. The summed E-state index contributed by atoms with van der Waals surface area (Å²) in [6, 6.07) is 19.5. The topological polar surface area (TPSA) is 140 Å². The van der Waals surface area contributed by atoms with E-state index in [1.165, 1.54) is 30.1 Å². The summed E-state index contributed by atoms with van der Waals surface area (Å²) in [6.45, 7) is 3.63. The molecule has 5 rings (SSSR count). The molecule has 11 nitrogen and oxygen atoms in total. The lowest BCUT2D eigenvalue weighted by molar-refractivity contribution is -0.384. The van der Waals surface area contributed by atoms with E-state index >= 15 is 0 Å². The van der Waals surface area contributed by atoms with Gasteiger partial charge in [0, 0.05) is 23.5 Å². The average molecular weight is 539 g/mol. The molecular formula is C29H26N6O5. The Bertz CT molecular complexity index is 1670. The summed E-state index contributed by atoms with van der Waals surface area (Å²) >= 11 is 0. The number of nitro groups is 1. The number of hydrogen-bond acceptors (Lipinski definition) is 7. The lowest BCUT2D eigenvalue weighted by Gasteiger charge is -2.30. The molecule has 0 unspecified atom stereocenters. The van der Waals surface area contributed by atoms with Gasteiger partial charge in [0.05, 0.1) is 29.5 Å². The zero-order chi connectivity index (χ0) is 28.4. The van der Waals surface area contributed by atoms with Gasteiger partial charge in [-0.1, -0.05) is 36.4 Å². The van der Waals surface area contributed by atoms with Crippen LogP contribution < -0.4 is 20.7 Å². The van der Waals surface area contributed by atoms with Gasteiger partial charge in [-0.2, -0.15) is 5.10 Å². The third-order valence-corrected chi connectivity index (χ3v) is 6.54. The first-order valence-electron chi connectivity index (χ1n) is 12.4. The van der Waals surface area contributed by atoms with Crippen LogP contribution in [-0.4, -0.2) is 33.6 Å². The number of nitrogens with zero attached hydrogens (tertiary/aromatic N) is 3. The normalized spacial score (nSPS) is 14.1. The highest BCUT2D eigenvalue weighted by Crippen LogP contribution is 2.39. The molecule has 0 saturated carbocycles. The summed E-state index contributed by atoms with van der Waals surface area (Å²) in [5, 5.41) is 25.0. The molecule has 3 N–H and O–H groups in total. The fourth-order valence-corrected chi connectivity index (χ4v) is 4.69. The van der Waals surface area contributed by atoms with Crippen LogP contribution in [0.2, 0.25) is 0 Å². The lowest BCUT2D eigenvalue weighted by atomic mass is 9.94. The second-order valence-electron chi connectivity index (χ2n) is 9.25. The Kier molecular flexibility index (Phi) is 7.02. The highest BCUT2D eigenvalue weighted by molar-refractivity contribution is 6.09. The van der Waals surface area contributed by atoms with E-state index in [0.29, 0.717) is 34.2 Å². The van der Waals surface area contributed by atoms with Crippen LogP contribution in [0.15, 0.2) is 90.3 Å². The third kappa shape index (κ3) is 4.99. The monoisotopic (exact) mass is 538 g/mol. The molecule has 2 amide bonds. The quantitative estimate of drug-likeness (QED) is 0.215. The Morgan fingerprint density at radius 3 is 2.52 bits per heavy atom. The van der Waals surface area contributed by atoms with Crippen molar-refractivity contribution >= 4 is 34.7 Å². The summed E-state index contributed by atoms with van der Waals surface area (Å²) in [7, 11) is 1.50. The Morgan fingerprint density at radius 1 is 1.00 bits per heavy atom. The minimum atomic E-state index is -0.869. The number of anilines is 3. The molecule has 3 aromatic carbocycles. The van der Waals surface area contributed by atoms with Crippen LogP contribution >= 0.6 is 0 Å². The maximum absolute atomic E-state index is 13.8. The van der Waals surface area contributed by atoms with Gasteiger partial charge in [0.15, 0.2) is 0 Å². The van der Waals surface area contributed by atoms with Crippen molar-refractivity contribution in [3.63, 3.8) is 0 Å². The van der Waals surface area contributed by atoms with Crippen molar-refractivity contribution in [2.75, 3.05) is 23.1 Å². The number of nitrogens with one attached hydrogen (secondary N) is 3. The van der Waals surface area contributed by atoms with Crippen molar-refractivity contribution in [2.45, 2.75) is 19.9 Å². The number of hydrogen-bond donors (Lipinski definition) is 3. The molecule has 11 heteroatoms. The predicted octanol–water partition coefficient (Wildman–Crippen LogP) is 5.29. The largest absolute Gasteiger partial charge is 0.495 e. The first kappa shape index (κ1) is 26.2. The van der Waals surface area contributed by atoms with Crippen molar-refractivity contribution in [2.24, 2.45) is 0 Å². The van der Waals surface area contributed by atoms with Crippen LogP contribution in [0.4, 0.5) is 22.9 Å². The van der Waals surface area contributed by atoms with E-state index < -0.39 is 22.8 Å². The number of non-ortho nitro benzene ring substituents is 1. The molecule has 1 atom stereocenters. The molecular weight excluding hydrogens is 512 g/mol. The number of aromatic nitrogens is 2. The Labute approximate surface area is 229 Å². The first-order valence-corrected chi connectivity index (χ1v) is 12.4. The maximum atomic E-state index is 13.8. The average Bonchev–Trinajstić information content (AvgIpc) is 3.36. The highest BCUT2D eigenvalue weighted by Gasteiger charge is 2.36. The number of nitro benzene ring substituents is 1. The van der Waals surface area contributed by atoms with E-state index in [-0.39, 0.29) is 16.8 Å². The number of para-hydroxylation sites is 2. The molecule has 0 aliphatic carbocycles. The van der Waals surface area contributed by atoms with Gasteiger partial charge in [0.1, 0.15) is 23.2 Å². The summed E-state index contributed by atoms with van der Waals surface area (Å²) in [4.78, 5) is 38.1. The number of allylic oxidation sites excluding steroid dienone is 1. The summed E-state index contributed by atoms with van der Waals surface area (Å²) in [5.74, 6) is -0.0301. The molecule has 1 aliphatic rings. The van der Waals surface area contributed by atoms with Crippen LogP contribution in [0.1, 0.15) is 34.5 Å². The zero-order valence-corrected chi connectivity index (χ0v) is 22.0. The van der Waals surface area contributed by atoms with E-state index in [9.17, 15) is 19.7 Å². The number of rotatable bonds is 7. The molecule has 0 bridgehead atoms. The fourth-order valence-electron chi connectivity index (χ4n) is 4.69. The van der Waals surface area contributed by atoms with Gasteiger partial charge in [0.25, 0.3) is 17.5 Å². The number of methoxy groups -OCH3 is 1. The maximum Gasteiger partial charge on any atom is 0.269 e. The second kappa shape index (κ2) is 10.7. The molecule has 1 aromatic heterocycles. The van der Waals surface area contributed by atoms with Crippen LogP contribution in [0.25, 0.3) is 0 Å². The summed E-state index contributed by atoms with van der Waals surface area (Å²) in [5.41, 5.74) is 3.37. The van der Waals surface area contributed by atoms with E-state index in [1.807, 2.05) is 25.1 Å². The number of amides is 2. The fraction of sp³-hybridized carbons (Fsp3) is 0.138. The summed E-state index contributed by atoms with van der Waals surface area (Å²) in [6.07, 6.45) is 1.41. The Balaban J connectivity index is 1.58.